The molecule has 144 valence electrons. The Morgan fingerprint density at radius 3 is 2.29 bits per heavy atom. The highest BCUT2D eigenvalue weighted by Gasteiger charge is 2.08. The van der Waals surface area contributed by atoms with Crippen molar-refractivity contribution in [3.05, 3.63) is 77.0 Å². The summed E-state index contributed by atoms with van der Waals surface area (Å²) in [6.07, 6.45) is 0.732. The highest BCUT2D eigenvalue weighted by Crippen LogP contribution is 2.18. The smallest absolute Gasteiger partial charge is 0.271 e. The fourth-order valence-electron chi connectivity index (χ4n) is 2.92. The van der Waals surface area contributed by atoms with Gasteiger partial charge in [0.2, 0.25) is 0 Å². The van der Waals surface area contributed by atoms with Gasteiger partial charge in [0.25, 0.3) is 5.91 Å². The maximum absolute atomic E-state index is 12.2. The van der Waals surface area contributed by atoms with E-state index in [2.05, 4.69) is 26.9 Å². The van der Waals surface area contributed by atoms with Crippen LogP contribution < -0.4 is 15.4 Å². The summed E-state index contributed by atoms with van der Waals surface area (Å²) >= 11 is 0. The molecule has 0 atom stereocenters. The lowest BCUT2D eigenvalue weighted by atomic mass is 10.1. The molecule has 6 heteroatoms. The molecular weight excluding hydrogens is 352 g/mol. The average Bonchev–Trinajstić information content (AvgIpc) is 2.68. The second-order valence-electron chi connectivity index (χ2n) is 6.66. The summed E-state index contributed by atoms with van der Waals surface area (Å²) < 4.78 is 5.14. The van der Waals surface area contributed by atoms with Crippen LogP contribution in [0.2, 0.25) is 0 Å². The van der Waals surface area contributed by atoms with Gasteiger partial charge in [0.05, 0.1) is 7.11 Å². The Morgan fingerprint density at radius 2 is 1.68 bits per heavy atom. The molecule has 0 saturated carbocycles. The molecule has 0 saturated heterocycles. The lowest BCUT2D eigenvalue weighted by Gasteiger charge is -2.08. The zero-order valence-corrected chi connectivity index (χ0v) is 16.3. The van der Waals surface area contributed by atoms with Crippen molar-refractivity contribution in [3.63, 3.8) is 0 Å². The van der Waals surface area contributed by atoms with E-state index in [0.717, 1.165) is 23.4 Å². The summed E-state index contributed by atoms with van der Waals surface area (Å²) in [6.45, 7) is 4.61. The van der Waals surface area contributed by atoms with Gasteiger partial charge in [-0.2, -0.15) is 0 Å². The van der Waals surface area contributed by atoms with E-state index < -0.39 is 0 Å². The molecule has 6 nitrogen and oxygen atoms in total. The van der Waals surface area contributed by atoms with Crippen LogP contribution in [0, 0.1) is 13.8 Å². The van der Waals surface area contributed by atoms with Crippen LogP contribution in [0.15, 0.2) is 54.6 Å². The Bertz CT molecular complexity index is 918. The Hall–Kier alpha value is -3.41. The maximum Gasteiger partial charge on any atom is 0.271 e. The molecule has 2 aromatic carbocycles. The number of anilines is 2. The Kier molecular flexibility index (Phi) is 6.22. The number of nitrogens with one attached hydrogen (secondary N) is 2. The first kappa shape index (κ1) is 19.4. The molecule has 0 aliphatic heterocycles. The lowest BCUT2D eigenvalue weighted by molar-refractivity contribution is 0.0948. The van der Waals surface area contributed by atoms with Crippen LogP contribution in [0.25, 0.3) is 0 Å². The minimum Gasteiger partial charge on any atom is -0.497 e. The fraction of sp³-hybridized carbons (Fsp3) is 0.227. The molecule has 0 unspecified atom stereocenters. The maximum atomic E-state index is 12.2. The van der Waals surface area contributed by atoms with E-state index in [1.807, 2.05) is 50.2 Å². The molecule has 28 heavy (non-hydrogen) atoms. The third-order valence-electron chi connectivity index (χ3n) is 4.25. The summed E-state index contributed by atoms with van der Waals surface area (Å²) in [6, 6.07) is 17.4. The second kappa shape index (κ2) is 8.99. The molecule has 3 rings (SSSR count). The zero-order chi connectivity index (χ0) is 19.9. The summed E-state index contributed by atoms with van der Waals surface area (Å²) in [5.41, 5.74) is 4.70. The van der Waals surface area contributed by atoms with Crippen LogP contribution in [-0.2, 0) is 6.42 Å². The van der Waals surface area contributed by atoms with Crippen LogP contribution in [0.1, 0.15) is 27.2 Å². The van der Waals surface area contributed by atoms with E-state index in [-0.39, 0.29) is 5.91 Å². The van der Waals surface area contributed by atoms with Crippen LogP contribution >= 0.6 is 0 Å². The Morgan fingerprint density at radius 1 is 0.964 bits per heavy atom. The van der Waals surface area contributed by atoms with Gasteiger partial charge in [0.15, 0.2) is 11.5 Å². The van der Waals surface area contributed by atoms with Crippen molar-refractivity contribution in [2.24, 2.45) is 0 Å². The number of amides is 1. The molecule has 0 radical (unpaired) electrons. The van der Waals surface area contributed by atoms with Crippen molar-refractivity contribution in [3.8, 4) is 5.75 Å². The Labute approximate surface area is 165 Å². The normalized spacial score (nSPS) is 10.4. The summed E-state index contributed by atoms with van der Waals surface area (Å²) in [5, 5.41) is 14.2. The van der Waals surface area contributed by atoms with Gasteiger partial charge in [-0.25, -0.2) is 0 Å². The van der Waals surface area contributed by atoms with Crippen LogP contribution in [-0.4, -0.2) is 29.8 Å². The average molecular weight is 376 g/mol. The quantitative estimate of drug-likeness (QED) is 0.656. The highest BCUT2D eigenvalue weighted by molar-refractivity contribution is 5.92. The minimum atomic E-state index is -0.237. The van der Waals surface area contributed by atoms with Crippen LogP contribution in [0.5, 0.6) is 5.75 Å². The largest absolute Gasteiger partial charge is 0.497 e. The van der Waals surface area contributed by atoms with Gasteiger partial charge in [-0.05, 0) is 73.4 Å². The molecule has 0 spiro atoms. The predicted molar refractivity (Wildman–Crippen MR) is 110 cm³/mol. The third-order valence-corrected chi connectivity index (χ3v) is 4.25. The van der Waals surface area contributed by atoms with Crippen molar-refractivity contribution in [2.45, 2.75) is 20.3 Å². The topological polar surface area (TPSA) is 76.1 Å². The van der Waals surface area contributed by atoms with Gasteiger partial charge < -0.3 is 15.4 Å². The summed E-state index contributed by atoms with van der Waals surface area (Å²) in [4.78, 5) is 12.2. The monoisotopic (exact) mass is 376 g/mol. The number of hydrogen-bond acceptors (Lipinski definition) is 5. The van der Waals surface area contributed by atoms with E-state index in [1.165, 1.54) is 11.1 Å². The van der Waals surface area contributed by atoms with Gasteiger partial charge in [-0.3, -0.25) is 4.79 Å². The van der Waals surface area contributed by atoms with Crippen LogP contribution in [0.3, 0.4) is 0 Å². The first-order chi connectivity index (χ1) is 13.5. The number of methoxy groups -OCH3 is 1. The van der Waals surface area contributed by atoms with E-state index in [9.17, 15) is 4.79 Å². The molecule has 2 N–H and O–H groups in total. The summed E-state index contributed by atoms with van der Waals surface area (Å²) in [7, 11) is 1.64. The summed E-state index contributed by atoms with van der Waals surface area (Å²) in [5.74, 6) is 1.18. The molecule has 1 heterocycles. The Balaban J connectivity index is 1.52. The van der Waals surface area contributed by atoms with Gasteiger partial charge in [0, 0.05) is 12.2 Å². The van der Waals surface area contributed by atoms with Crippen molar-refractivity contribution in [1.29, 1.82) is 0 Å². The molecule has 1 aromatic heterocycles. The number of ether oxygens (including phenoxy) is 1. The van der Waals surface area contributed by atoms with Crippen molar-refractivity contribution < 1.29 is 9.53 Å². The molecule has 0 bridgehead atoms. The van der Waals surface area contributed by atoms with E-state index in [1.54, 1.807) is 19.2 Å². The predicted octanol–water partition coefficient (Wildman–Crippen LogP) is 3.82. The lowest BCUT2D eigenvalue weighted by Crippen LogP contribution is -2.26. The van der Waals surface area contributed by atoms with Gasteiger partial charge in [-0.15, -0.1) is 10.2 Å². The van der Waals surface area contributed by atoms with Crippen molar-refractivity contribution in [2.75, 3.05) is 19.0 Å². The van der Waals surface area contributed by atoms with Crippen molar-refractivity contribution >= 4 is 17.4 Å². The number of nitrogens with zero attached hydrogens (tertiary/aromatic N) is 2. The fourth-order valence-corrected chi connectivity index (χ4v) is 2.92. The molecule has 1 amide bonds. The first-order valence-electron chi connectivity index (χ1n) is 9.13. The molecular formula is C22H24N4O2. The van der Waals surface area contributed by atoms with Gasteiger partial charge in [0.1, 0.15) is 5.75 Å². The molecule has 0 aliphatic rings. The number of benzene rings is 2. The number of carbonyl (C=O) groups is 1. The highest BCUT2D eigenvalue weighted by atomic mass is 16.5. The number of carbonyl (C=O) groups excluding carboxylic acids is 1. The second-order valence-corrected chi connectivity index (χ2v) is 6.66. The van der Waals surface area contributed by atoms with Gasteiger partial charge >= 0.3 is 0 Å². The molecule has 0 fully saturated rings. The van der Waals surface area contributed by atoms with E-state index in [4.69, 9.17) is 4.74 Å². The standard InChI is InChI=1S/C22H24N4O2/c1-15-12-16(2)14-18(13-15)24-21-9-8-20(25-26-21)22(27)23-11-10-17-4-6-19(28-3)7-5-17/h4-9,12-14H,10-11H2,1-3H3,(H,23,27)(H,24,26). The number of aryl methyl sites for hydroxylation is 2. The number of aromatic nitrogens is 2. The minimum absolute atomic E-state index is 0.237. The number of hydrogen-bond donors (Lipinski definition) is 2. The molecule has 0 aliphatic carbocycles. The van der Waals surface area contributed by atoms with Gasteiger partial charge in [-0.1, -0.05) is 18.2 Å². The number of rotatable bonds is 7. The third kappa shape index (κ3) is 5.30. The van der Waals surface area contributed by atoms with Crippen LogP contribution in [0.4, 0.5) is 11.5 Å². The SMILES string of the molecule is COc1ccc(CCNC(=O)c2ccc(Nc3cc(C)cc(C)c3)nn2)cc1. The van der Waals surface area contributed by atoms with E-state index in [0.29, 0.717) is 18.1 Å². The zero-order valence-electron chi connectivity index (χ0n) is 16.3. The van der Waals surface area contributed by atoms with Crippen molar-refractivity contribution in [1.82, 2.24) is 15.5 Å². The van der Waals surface area contributed by atoms with E-state index >= 15 is 0 Å². The first-order valence-corrected chi connectivity index (χ1v) is 9.13. The molecule has 3 aromatic rings.